The number of thiophene rings is 2. The standard InChI is InChI=1S/C50H38N2O2S3/c1-49(2)38-12-8-6-10-34(38)36-19-16-30(25-40(36)49)52(31-17-20-37-35-11-7-9-13-39(35)50(3,4)41(37)26-31)32-15-14-29-24-47(57-46(29)27-32)45-23-22-44(56-45)43-21-18-33(55-43)28-42(51-5)48(53)54/h6-23,25-28,47H,24H2,1-4H3,(H,53,54)/b42-28-. The Hall–Kier alpha value is -5.65. The second-order valence-corrected chi connectivity index (χ2v) is 19.6. The molecule has 57 heavy (non-hydrogen) atoms. The molecule has 1 atom stereocenters. The molecule has 2 aliphatic carbocycles. The number of carboxylic acid groups (broad SMARTS) is 1. The van der Waals surface area contributed by atoms with Crippen LogP contribution < -0.4 is 4.90 Å². The van der Waals surface area contributed by atoms with Crippen LogP contribution >= 0.6 is 34.4 Å². The number of anilines is 3. The van der Waals surface area contributed by atoms with Crippen molar-refractivity contribution in [2.24, 2.45) is 0 Å². The fourth-order valence-electron chi connectivity index (χ4n) is 9.12. The van der Waals surface area contributed by atoms with Gasteiger partial charge in [-0.15, -0.1) is 34.4 Å². The third-order valence-corrected chi connectivity index (χ3v) is 16.0. The zero-order valence-corrected chi connectivity index (χ0v) is 34.4. The minimum Gasteiger partial charge on any atom is -0.486 e. The van der Waals surface area contributed by atoms with Crippen LogP contribution in [-0.4, -0.2) is 11.1 Å². The SMILES string of the molecule is [C-]#[N+]/C(=C\c1ccc(-c2ccc(C3Cc4ccc(N(c5ccc6c(c5)C(C)(C)c5ccccc5-6)c5ccc6c(c5)C(C)(C)c5ccccc5-6)cc4S3)s2)s1)C(=O)O. The maximum absolute atomic E-state index is 11.4. The van der Waals surface area contributed by atoms with E-state index in [0.717, 1.165) is 38.1 Å². The summed E-state index contributed by atoms with van der Waals surface area (Å²) >= 11 is 5.25. The first-order chi connectivity index (χ1) is 27.5. The zero-order valence-electron chi connectivity index (χ0n) is 32.0. The normalized spacial score (nSPS) is 16.6. The molecule has 278 valence electrons. The van der Waals surface area contributed by atoms with E-state index in [4.69, 9.17) is 6.57 Å². The van der Waals surface area contributed by atoms with Gasteiger partial charge in [-0.25, -0.2) is 4.85 Å². The molecule has 0 radical (unpaired) electrons. The average Bonchev–Trinajstić information content (AvgIpc) is 4.05. The van der Waals surface area contributed by atoms with Crippen LogP contribution in [0.3, 0.4) is 0 Å². The molecule has 0 amide bonds. The lowest BCUT2D eigenvalue weighted by Crippen LogP contribution is -2.18. The van der Waals surface area contributed by atoms with E-state index in [-0.39, 0.29) is 16.5 Å². The molecular weight excluding hydrogens is 757 g/mol. The van der Waals surface area contributed by atoms with E-state index in [9.17, 15) is 9.90 Å². The molecule has 5 aromatic carbocycles. The van der Waals surface area contributed by atoms with Crippen molar-refractivity contribution in [1.29, 1.82) is 0 Å². The van der Waals surface area contributed by atoms with E-state index in [1.165, 1.54) is 77.3 Å². The molecule has 0 fully saturated rings. The van der Waals surface area contributed by atoms with Crippen molar-refractivity contribution in [2.45, 2.75) is 55.1 Å². The van der Waals surface area contributed by atoms with Gasteiger partial charge in [0.05, 0.1) is 6.57 Å². The number of hydrogen-bond acceptors (Lipinski definition) is 5. The van der Waals surface area contributed by atoms with Crippen molar-refractivity contribution >= 4 is 63.5 Å². The number of hydrogen-bond donors (Lipinski definition) is 1. The van der Waals surface area contributed by atoms with Gasteiger partial charge in [-0.1, -0.05) is 94.4 Å². The molecule has 1 unspecified atom stereocenters. The molecule has 10 rings (SSSR count). The topological polar surface area (TPSA) is 44.9 Å². The Bertz CT molecular complexity index is 2780. The summed E-state index contributed by atoms with van der Waals surface area (Å²) in [6.07, 6.45) is 2.41. The molecule has 1 N–H and O–H groups in total. The molecule has 0 saturated carbocycles. The van der Waals surface area contributed by atoms with E-state index in [1.807, 2.05) is 23.9 Å². The summed E-state index contributed by atoms with van der Waals surface area (Å²) in [7, 11) is 0. The van der Waals surface area contributed by atoms with Gasteiger partial charge in [-0.3, -0.25) is 4.79 Å². The van der Waals surface area contributed by atoms with Gasteiger partial charge in [0.1, 0.15) is 0 Å². The Morgan fingerprint density at radius 3 is 1.84 bits per heavy atom. The van der Waals surface area contributed by atoms with Gasteiger partial charge in [0.15, 0.2) is 0 Å². The number of nitrogens with zero attached hydrogens (tertiary/aromatic N) is 2. The van der Waals surface area contributed by atoms with E-state index in [1.54, 1.807) is 11.3 Å². The predicted molar refractivity (Wildman–Crippen MR) is 238 cm³/mol. The van der Waals surface area contributed by atoms with Gasteiger partial charge in [0.25, 0.3) is 5.70 Å². The van der Waals surface area contributed by atoms with Crippen LogP contribution in [0.1, 0.15) is 70.5 Å². The van der Waals surface area contributed by atoms with Crippen molar-refractivity contribution in [3.05, 3.63) is 182 Å². The molecular formula is C50H38N2O2S3. The van der Waals surface area contributed by atoms with E-state index in [2.05, 4.69) is 153 Å². The average molecular weight is 795 g/mol. The van der Waals surface area contributed by atoms with Crippen molar-refractivity contribution in [3.8, 4) is 32.0 Å². The lowest BCUT2D eigenvalue weighted by molar-refractivity contribution is -0.132. The Balaban J connectivity index is 1.01. The second kappa shape index (κ2) is 13.2. The molecule has 3 heterocycles. The molecule has 0 bridgehead atoms. The van der Waals surface area contributed by atoms with Crippen LogP contribution in [0.4, 0.5) is 17.1 Å². The van der Waals surface area contributed by atoms with Crippen LogP contribution in [0.15, 0.2) is 138 Å². The first-order valence-electron chi connectivity index (χ1n) is 19.1. The smallest absolute Gasteiger partial charge is 0.333 e. The summed E-state index contributed by atoms with van der Waals surface area (Å²) in [6, 6.07) is 47.1. The number of carboxylic acids is 1. The molecule has 1 aliphatic heterocycles. The second-order valence-electron chi connectivity index (χ2n) is 16.1. The molecule has 3 aliphatic rings. The minimum absolute atomic E-state index is 0.115. The predicted octanol–water partition coefficient (Wildman–Crippen LogP) is 14.3. The summed E-state index contributed by atoms with van der Waals surface area (Å²) in [4.78, 5) is 22.6. The number of benzene rings is 5. The van der Waals surface area contributed by atoms with Crippen LogP contribution in [0.25, 0.3) is 42.9 Å². The monoisotopic (exact) mass is 794 g/mol. The van der Waals surface area contributed by atoms with Crippen LogP contribution in [0.2, 0.25) is 0 Å². The summed E-state index contributed by atoms with van der Waals surface area (Å²) in [5, 5.41) is 9.61. The first kappa shape index (κ1) is 35.7. The molecule has 4 nitrogen and oxygen atoms in total. The highest BCUT2D eigenvalue weighted by Gasteiger charge is 2.38. The van der Waals surface area contributed by atoms with Gasteiger partial charge in [0.2, 0.25) is 0 Å². The van der Waals surface area contributed by atoms with E-state index in [0.29, 0.717) is 5.25 Å². The van der Waals surface area contributed by atoms with Crippen molar-refractivity contribution in [2.75, 3.05) is 4.90 Å². The number of fused-ring (bicyclic) bond motifs is 7. The van der Waals surface area contributed by atoms with Crippen molar-refractivity contribution in [3.63, 3.8) is 0 Å². The fourth-order valence-corrected chi connectivity index (χ4v) is 12.7. The number of thioether (sulfide) groups is 1. The third kappa shape index (κ3) is 5.73. The Morgan fingerprint density at radius 2 is 1.23 bits per heavy atom. The quantitative estimate of drug-likeness (QED) is 0.129. The lowest BCUT2D eigenvalue weighted by atomic mass is 9.82. The summed E-state index contributed by atoms with van der Waals surface area (Å²) in [5.41, 5.74) is 15.1. The summed E-state index contributed by atoms with van der Waals surface area (Å²) in [6.45, 7) is 16.6. The summed E-state index contributed by atoms with van der Waals surface area (Å²) < 4.78 is 0. The zero-order chi connectivity index (χ0) is 39.2. The van der Waals surface area contributed by atoms with Gasteiger partial charge in [0, 0.05) is 57.5 Å². The highest BCUT2D eigenvalue weighted by atomic mass is 32.2. The highest BCUT2D eigenvalue weighted by Crippen LogP contribution is 2.55. The number of aliphatic carboxylic acids is 1. The van der Waals surface area contributed by atoms with Gasteiger partial charge in [-0.05, 0) is 123 Å². The van der Waals surface area contributed by atoms with Crippen LogP contribution in [0.5, 0.6) is 0 Å². The number of rotatable bonds is 7. The van der Waals surface area contributed by atoms with Gasteiger partial charge >= 0.3 is 5.97 Å². The van der Waals surface area contributed by atoms with Crippen molar-refractivity contribution < 1.29 is 9.90 Å². The molecule has 2 aromatic heterocycles. The maximum Gasteiger partial charge on any atom is 0.333 e. The Labute approximate surface area is 345 Å². The minimum atomic E-state index is -1.20. The first-order valence-corrected chi connectivity index (χ1v) is 21.6. The van der Waals surface area contributed by atoms with Gasteiger partial charge < -0.3 is 10.0 Å². The van der Waals surface area contributed by atoms with E-state index < -0.39 is 5.97 Å². The number of carbonyl (C=O) groups is 1. The molecule has 0 saturated heterocycles. The van der Waals surface area contributed by atoms with Crippen molar-refractivity contribution in [1.82, 2.24) is 0 Å². The molecule has 7 heteroatoms. The van der Waals surface area contributed by atoms with Gasteiger partial charge in [-0.2, -0.15) is 0 Å². The van der Waals surface area contributed by atoms with Crippen LogP contribution in [0, 0.1) is 6.57 Å². The molecule has 7 aromatic rings. The highest BCUT2D eigenvalue weighted by molar-refractivity contribution is 8.00. The lowest BCUT2D eigenvalue weighted by Gasteiger charge is -2.30. The van der Waals surface area contributed by atoms with Crippen LogP contribution in [-0.2, 0) is 22.0 Å². The Kier molecular flexibility index (Phi) is 8.28. The molecule has 0 spiro atoms. The fraction of sp³-hybridized carbons (Fsp3) is 0.160. The largest absolute Gasteiger partial charge is 0.486 e. The maximum atomic E-state index is 11.4. The third-order valence-electron chi connectivity index (χ3n) is 12.1. The summed E-state index contributed by atoms with van der Waals surface area (Å²) in [5.74, 6) is -1.20. The Morgan fingerprint density at radius 1 is 0.684 bits per heavy atom. The van der Waals surface area contributed by atoms with E-state index >= 15 is 0 Å².